The van der Waals surface area contributed by atoms with Gasteiger partial charge in [-0.05, 0) is 42.4 Å². The molecule has 1 fully saturated rings. The molecule has 23 heavy (non-hydrogen) atoms. The monoisotopic (exact) mass is 332 g/mol. The predicted octanol–water partition coefficient (Wildman–Crippen LogP) is 4.84. The number of hydrogen-bond donors (Lipinski definition) is 1. The molecule has 126 valence electrons. The minimum Gasteiger partial charge on any atom is -0.385 e. The highest BCUT2D eigenvalue weighted by Crippen LogP contribution is 2.27. The Morgan fingerprint density at radius 2 is 2.13 bits per heavy atom. The summed E-state index contributed by atoms with van der Waals surface area (Å²) in [5, 5.41) is 13.0. The van der Waals surface area contributed by atoms with E-state index >= 15 is 0 Å². The Bertz CT molecular complexity index is 518. The minimum atomic E-state index is 0.141. The van der Waals surface area contributed by atoms with Crippen molar-refractivity contribution in [1.82, 2.24) is 0 Å². The zero-order valence-electron chi connectivity index (χ0n) is 14.3. The van der Waals surface area contributed by atoms with E-state index in [1.54, 1.807) is 0 Å². The number of benzene rings is 1. The van der Waals surface area contributed by atoms with Crippen LogP contribution in [0.25, 0.3) is 0 Å². The number of anilines is 1. The number of nitriles is 1. The Morgan fingerprint density at radius 1 is 1.35 bits per heavy atom. The van der Waals surface area contributed by atoms with Crippen molar-refractivity contribution in [3.05, 3.63) is 29.8 Å². The molecule has 0 spiro atoms. The molecule has 0 atom stereocenters. The van der Waals surface area contributed by atoms with E-state index in [1.165, 1.54) is 24.1 Å². The summed E-state index contributed by atoms with van der Waals surface area (Å²) >= 11 is 2.05. The number of rotatable bonds is 8. The van der Waals surface area contributed by atoms with Crippen LogP contribution in [0, 0.1) is 16.7 Å². The fourth-order valence-corrected chi connectivity index (χ4v) is 3.79. The summed E-state index contributed by atoms with van der Waals surface area (Å²) in [5.41, 5.74) is 2.70. The van der Waals surface area contributed by atoms with E-state index in [9.17, 15) is 0 Å². The lowest BCUT2D eigenvalue weighted by Gasteiger charge is -2.24. The quantitative estimate of drug-likeness (QED) is 0.740. The first-order chi connectivity index (χ1) is 11.1. The summed E-state index contributed by atoms with van der Waals surface area (Å²) in [5.74, 6) is 1.07. The second-order valence-electron chi connectivity index (χ2n) is 7.00. The first kappa shape index (κ1) is 18.2. The minimum absolute atomic E-state index is 0.141. The molecule has 1 heterocycles. The van der Waals surface area contributed by atoms with Gasteiger partial charge in [-0.2, -0.15) is 17.0 Å². The molecule has 0 saturated carbocycles. The summed E-state index contributed by atoms with van der Waals surface area (Å²) in [6.45, 7) is 7.14. The van der Waals surface area contributed by atoms with Crippen LogP contribution in [0.4, 0.5) is 5.69 Å². The number of thioether (sulfide) groups is 1. The van der Waals surface area contributed by atoms with Crippen LogP contribution >= 0.6 is 11.8 Å². The van der Waals surface area contributed by atoms with E-state index in [0.717, 1.165) is 37.2 Å². The summed E-state index contributed by atoms with van der Waals surface area (Å²) in [6, 6.07) is 11.0. The lowest BCUT2D eigenvalue weighted by atomic mass is 9.88. The van der Waals surface area contributed by atoms with Gasteiger partial charge < -0.3 is 10.1 Å². The molecule has 0 bridgehead atoms. The molecular formula is C19H28N2OS. The summed E-state index contributed by atoms with van der Waals surface area (Å²) in [4.78, 5) is 0. The Balaban J connectivity index is 1.80. The summed E-state index contributed by atoms with van der Waals surface area (Å²) in [7, 11) is 0. The Morgan fingerprint density at radius 3 is 2.87 bits per heavy atom. The lowest BCUT2D eigenvalue weighted by Crippen LogP contribution is -2.22. The van der Waals surface area contributed by atoms with Crippen molar-refractivity contribution < 1.29 is 4.74 Å². The molecule has 0 unspecified atom stereocenters. The van der Waals surface area contributed by atoms with E-state index in [1.807, 2.05) is 0 Å². The molecule has 2 rings (SSSR count). The van der Waals surface area contributed by atoms with Gasteiger partial charge in [0, 0.05) is 42.9 Å². The van der Waals surface area contributed by atoms with Gasteiger partial charge in [0.25, 0.3) is 0 Å². The maximum atomic E-state index is 8.74. The zero-order valence-corrected chi connectivity index (χ0v) is 15.1. The number of ether oxygens (including phenoxy) is 1. The zero-order chi connectivity index (χ0) is 16.5. The first-order valence-corrected chi connectivity index (χ1v) is 9.53. The fourth-order valence-electron chi connectivity index (χ4n) is 2.65. The Hall–Kier alpha value is -1.18. The molecular weight excluding hydrogens is 304 g/mol. The van der Waals surface area contributed by atoms with Crippen LogP contribution in [0.5, 0.6) is 0 Å². The van der Waals surface area contributed by atoms with Crippen LogP contribution in [-0.4, -0.2) is 25.0 Å². The third-order valence-corrected chi connectivity index (χ3v) is 5.71. The molecule has 0 aromatic heterocycles. The normalized spacial score (nSPS) is 16.0. The summed E-state index contributed by atoms with van der Waals surface area (Å²) in [6.07, 6.45) is 3.90. The third-order valence-electron chi connectivity index (χ3n) is 4.27. The van der Waals surface area contributed by atoms with Crippen LogP contribution in [0.1, 0.15) is 45.1 Å². The molecule has 3 nitrogen and oxygen atoms in total. The van der Waals surface area contributed by atoms with Gasteiger partial charge in [0.1, 0.15) is 0 Å². The molecule has 0 amide bonds. The van der Waals surface area contributed by atoms with Crippen molar-refractivity contribution in [3.63, 3.8) is 0 Å². The lowest BCUT2D eigenvalue weighted by molar-refractivity contribution is 0.1000. The van der Waals surface area contributed by atoms with Crippen LogP contribution in [0.2, 0.25) is 0 Å². The molecule has 0 radical (unpaired) electrons. The highest BCUT2D eigenvalue weighted by molar-refractivity contribution is 7.99. The van der Waals surface area contributed by atoms with Gasteiger partial charge in [-0.1, -0.05) is 26.0 Å². The molecule has 1 aliphatic heterocycles. The topological polar surface area (TPSA) is 45.0 Å². The second kappa shape index (κ2) is 9.20. The van der Waals surface area contributed by atoms with E-state index in [2.05, 4.69) is 61.3 Å². The standard InChI is InChI=1S/C19H28N2OS/c1-19(2,9-4-10-20)15-21-17-6-3-5-16(13-17)14-23-18-7-11-22-12-8-18/h3,5-6,13,18,21H,4,7-9,11-12,14-15H2,1-2H3. The van der Waals surface area contributed by atoms with Crippen molar-refractivity contribution in [2.45, 2.75) is 50.5 Å². The van der Waals surface area contributed by atoms with Gasteiger partial charge in [-0.25, -0.2) is 0 Å². The number of nitrogens with zero attached hydrogens (tertiary/aromatic N) is 1. The van der Waals surface area contributed by atoms with Gasteiger partial charge in [-0.3, -0.25) is 0 Å². The Labute approximate surface area is 144 Å². The third kappa shape index (κ3) is 6.85. The predicted molar refractivity (Wildman–Crippen MR) is 98.7 cm³/mol. The number of hydrogen-bond acceptors (Lipinski definition) is 4. The number of nitrogens with one attached hydrogen (secondary N) is 1. The molecule has 1 aliphatic rings. The molecule has 1 N–H and O–H groups in total. The van der Waals surface area contributed by atoms with Crippen LogP contribution in [0.3, 0.4) is 0 Å². The largest absolute Gasteiger partial charge is 0.385 e. The van der Waals surface area contributed by atoms with Crippen LogP contribution in [-0.2, 0) is 10.5 Å². The first-order valence-electron chi connectivity index (χ1n) is 8.48. The van der Waals surface area contributed by atoms with Crippen molar-refractivity contribution in [3.8, 4) is 6.07 Å². The van der Waals surface area contributed by atoms with Crippen LogP contribution < -0.4 is 5.32 Å². The van der Waals surface area contributed by atoms with Crippen molar-refractivity contribution in [1.29, 1.82) is 5.26 Å². The highest BCUT2D eigenvalue weighted by Gasteiger charge is 2.17. The summed E-state index contributed by atoms with van der Waals surface area (Å²) < 4.78 is 5.42. The molecule has 1 aromatic carbocycles. The molecule has 4 heteroatoms. The van der Waals surface area contributed by atoms with E-state index in [-0.39, 0.29) is 5.41 Å². The molecule has 1 saturated heterocycles. The maximum Gasteiger partial charge on any atom is 0.0621 e. The van der Waals surface area contributed by atoms with E-state index in [0.29, 0.717) is 6.42 Å². The van der Waals surface area contributed by atoms with Crippen molar-refractivity contribution >= 4 is 17.4 Å². The maximum absolute atomic E-state index is 8.74. The highest BCUT2D eigenvalue weighted by atomic mass is 32.2. The van der Waals surface area contributed by atoms with Gasteiger partial charge in [0.2, 0.25) is 0 Å². The van der Waals surface area contributed by atoms with Gasteiger partial charge >= 0.3 is 0 Å². The van der Waals surface area contributed by atoms with Crippen molar-refractivity contribution in [2.75, 3.05) is 25.1 Å². The Kier molecular flexibility index (Phi) is 7.26. The van der Waals surface area contributed by atoms with Gasteiger partial charge in [-0.15, -0.1) is 0 Å². The van der Waals surface area contributed by atoms with Crippen molar-refractivity contribution in [2.24, 2.45) is 5.41 Å². The van der Waals surface area contributed by atoms with E-state index < -0.39 is 0 Å². The van der Waals surface area contributed by atoms with Gasteiger partial charge in [0.05, 0.1) is 6.07 Å². The average molecular weight is 333 g/mol. The molecule has 1 aromatic rings. The fraction of sp³-hybridized carbons (Fsp3) is 0.632. The van der Waals surface area contributed by atoms with Gasteiger partial charge in [0.15, 0.2) is 0 Å². The second-order valence-corrected chi connectivity index (χ2v) is 8.29. The van der Waals surface area contributed by atoms with Crippen LogP contribution in [0.15, 0.2) is 24.3 Å². The molecule has 0 aliphatic carbocycles. The van der Waals surface area contributed by atoms with E-state index in [4.69, 9.17) is 10.00 Å². The smallest absolute Gasteiger partial charge is 0.0621 e. The SMILES string of the molecule is CC(C)(CCC#N)CNc1cccc(CSC2CCOCC2)c1. The average Bonchev–Trinajstić information content (AvgIpc) is 2.58.